The van der Waals surface area contributed by atoms with Crippen LogP contribution in [0.5, 0.6) is 0 Å². The average molecular weight is 429 g/mol. The van der Waals surface area contributed by atoms with E-state index in [0.717, 1.165) is 0 Å². The third-order valence-electron chi connectivity index (χ3n) is 3.76. The number of nitrogens with one attached hydrogen (secondary N) is 1. The van der Waals surface area contributed by atoms with Crippen LogP contribution in [0.4, 0.5) is 18.0 Å². The van der Waals surface area contributed by atoms with Crippen LogP contribution in [0.1, 0.15) is 11.1 Å². The summed E-state index contributed by atoms with van der Waals surface area (Å²) in [5.74, 6) is -0.854. The van der Waals surface area contributed by atoms with Gasteiger partial charge in [-0.2, -0.15) is 5.10 Å². The maximum absolute atomic E-state index is 15.0. The SMILES string of the molecule is O=C(O)NCc1ccc(-c2ncnn3cc(Br)cc23)c(F)c1CC(F)F. The van der Waals surface area contributed by atoms with Crippen molar-refractivity contribution in [2.24, 2.45) is 0 Å². The van der Waals surface area contributed by atoms with Crippen molar-refractivity contribution in [2.75, 3.05) is 0 Å². The van der Waals surface area contributed by atoms with E-state index in [1.165, 1.54) is 23.0 Å². The van der Waals surface area contributed by atoms with Gasteiger partial charge in [0.15, 0.2) is 0 Å². The molecule has 0 aliphatic heterocycles. The van der Waals surface area contributed by atoms with Gasteiger partial charge in [0.25, 0.3) is 0 Å². The van der Waals surface area contributed by atoms with Crippen molar-refractivity contribution in [3.05, 3.63) is 52.1 Å². The molecule has 2 aromatic heterocycles. The van der Waals surface area contributed by atoms with Crippen LogP contribution in [0.15, 0.2) is 35.2 Å². The van der Waals surface area contributed by atoms with E-state index in [2.05, 4.69) is 31.3 Å². The molecule has 0 unspecified atom stereocenters. The molecule has 0 saturated carbocycles. The number of carbonyl (C=O) groups is 1. The Morgan fingerprint density at radius 1 is 1.38 bits per heavy atom. The fourth-order valence-electron chi connectivity index (χ4n) is 2.66. The van der Waals surface area contributed by atoms with Gasteiger partial charge in [-0.3, -0.25) is 0 Å². The van der Waals surface area contributed by atoms with E-state index in [9.17, 15) is 13.6 Å². The van der Waals surface area contributed by atoms with Crippen molar-refractivity contribution < 1.29 is 23.1 Å². The zero-order valence-corrected chi connectivity index (χ0v) is 14.7. The second-order valence-electron chi connectivity index (χ2n) is 5.42. The van der Waals surface area contributed by atoms with Crippen LogP contribution in [0, 0.1) is 5.82 Å². The minimum absolute atomic E-state index is 0.0396. The predicted octanol–water partition coefficient (Wildman–Crippen LogP) is 3.87. The van der Waals surface area contributed by atoms with Gasteiger partial charge in [0, 0.05) is 29.2 Å². The lowest BCUT2D eigenvalue weighted by Gasteiger charge is -2.14. The molecule has 0 aliphatic carbocycles. The molecule has 0 radical (unpaired) electrons. The maximum Gasteiger partial charge on any atom is 0.404 e. The zero-order valence-electron chi connectivity index (χ0n) is 13.1. The molecular formula is C16H12BrF3N4O2. The molecule has 3 rings (SSSR count). The smallest absolute Gasteiger partial charge is 0.404 e. The Bertz CT molecular complexity index is 978. The van der Waals surface area contributed by atoms with Crippen LogP contribution >= 0.6 is 15.9 Å². The number of alkyl halides is 2. The second kappa shape index (κ2) is 7.32. The van der Waals surface area contributed by atoms with Crippen molar-refractivity contribution in [3.8, 4) is 11.3 Å². The van der Waals surface area contributed by atoms with Gasteiger partial charge < -0.3 is 10.4 Å². The third kappa shape index (κ3) is 3.64. The number of hydrogen-bond acceptors (Lipinski definition) is 3. The molecule has 0 fully saturated rings. The summed E-state index contributed by atoms with van der Waals surface area (Å²) in [4.78, 5) is 14.7. The highest BCUT2D eigenvalue weighted by Gasteiger charge is 2.21. The van der Waals surface area contributed by atoms with Gasteiger partial charge in [-0.05, 0) is 39.2 Å². The number of aromatic nitrogens is 3. The summed E-state index contributed by atoms with van der Waals surface area (Å²) in [6, 6.07) is 4.50. The van der Waals surface area contributed by atoms with Gasteiger partial charge in [-0.25, -0.2) is 27.5 Å². The fourth-order valence-corrected chi connectivity index (χ4v) is 3.07. The topological polar surface area (TPSA) is 79.5 Å². The summed E-state index contributed by atoms with van der Waals surface area (Å²) in [6.45, 7) is -0.273. The summed E-state index contributed by atoms with van der Waals surface area (Å²) in [5, 5.41) is 14.8. The summed E-state index contributed by atoms with van der Waals surface area (Å²) in [7, 11) is 0. The zero-order chi connectivity index (χ0) is 18.8. The Morgan fingerprint density at radius 3 is 2.85 bits per heavy atom. The molecule has 0 saturated heterocycles. The lowest BCUT2D eigenvalue weighted by atomic mass is 9.98. The van der Waals surface area contributed by atoms with Gasteiger partial charge in [-0.1, -0.05) is 6.07 Å². The predicted molar refractivity (Wildman–Crippen MR) is 90.7 cm³/mol. The van der Waals surface area contributed by atoms with E-state index < -0.39 is 24.8 Å². The molecule has 136 valence electrons. The standard InChI is InChI=1S/C16H12BrF3N4O2/c17-9-3-12-15(22-7-23-24(12)6-9)10-2-1-8(5-21-16(25)26)11(14(10)20)4-13(18)19/h1-3,6-7,13,21H,4-5H2,(H,25,26). The van der Waals surface area contributed by atoms with Crippen LogP contribution in [0.3, 0.4) is 0 Å². The second-order valence-corrected chi connectivity index (χ2v) is 6.33. The van der Waals surface area contributed by atoms with E-state index >= 15 is 4.39 Å². The maximum atomic E-state index is 15.0. The lowest BCUT2D eigenvalue weighted by molar-refractivity contribution is 0.147. The molecular weight excluding hydrogens is 417 g/mol. The number of carboxylic acid groups (broad SMARTS) is 1. The molecule has 0 spiro atoms. The van der Waals surface area contributed by atoms with Crippen molar-refractivity contribution >= 4 is 27.5 Å². The van der Waals surface area contributed by atoms with Crippen molar-refractivity contribution in [1.29, 1.82) is 0 Å². The number of hydrogen-bond donors (Lipinski definition) is 2. The molecule has 1 aromatic carbocycles. The van der Waals surface area contributed by atoms with Gasteiger partial charge in [0.05, 0.1) is 5.52 Å². The monoisotopic (exact) mass is 428 g/mol. The van der Waals surface area contributed by atoms with Gasteiger partial charge >= 0.3 is 6.09 Å². The van der Waals surface area contributed by atoms with E-state index in [-0.39, 0.29) is 28.9 Å². The van der Waals surface area contributed by atoms with Crippen LogP contribution < -0.4 is 5.32 Å². The highest BCUT2D eigenvalue weighted by molar-refractivity contribution is 9.10. The molecule has 26 heavy (non-hydrogen) atoms. The molecule has 2 N–H and O–H groups in total. The minimum Gasteiger partial charge on any atom is -0.465 e. The first kappa shape index (κ1) is 18.2. The molecule has 0 aliphatic rings. The number of rotatable bonds is 5. The first-order chi connectivity index (χ1) is 12.4. The van der Waals surface area contributed by atoms with E-state index in [4.69, 9.17) is 5.11 Å². The van der Waals surface area contributed by atoms with Crippen molar-refractivity contribution in [1.82, 2.24) is 19.9 Å². The molecule has 0 bridgehead atoms. The summed E-state index contributed by atoms with van der Waals surface area (Å²) < 4.78 is 43.1. The number of halogens is 4. The van der Waals surface area contributed by atoms with Crippen molar-refractivity contribution in [3.63, 3.8) is 0 Å². The van der Waals surface area contributed by atoms with Gasteiger partial charge in [-0.15, -0.1) is 0 Å². The van der Waals surface area contributed by atoms with E-state index in [1.54, 1.807) is 12.3 Å². The van der Waals surface area contributed by atoms with E-state index in [1.807, 2.05) is 0 Å². The Morgan fingerprint density at radius 2 is 2.15 bits per heavy atom. The Balaban J connectivity index is 2.14. The number of nitrogens with zero attached hydrogens (tertiary/aromatic N) is 3. The van der Waals surface area contributed by atoms with Crippen LogP contribution in [0.25, 0.3) is 16.8 Å². The first-order valence-electron chi connectivity index (χ1n) is 7.41. The van der Waals surface area contributed by atoms with E-state index in [0.29, 0.717) is 9.99 Å². The van der Waals surface area contributed by atoms with Crippen LogP contribution in [-0.2, 0) is 13.0 Å². The molecule has 2 heterocycles. The van der Waals surface area contributed by atoms with Crippen molar-refractivity contribution in [2.45, 2.75) is 19.4 Å². The third-order valence-corrected chi connectivity index (χ3v) is 4.19. The highest BCUT2D eigenvalue weighted by Crippen LogP contribution is 2.31. The summed E-state index contributed by atoms with van der Waals surface area (Å²) >= 11 is 3.30. The van der Waals surface area contributed by atoms with Crippen LogP contribution in [-0.4, -0.2) is 32.2 Å². The number of benzene rings is 1. The number of fused-ring (bicyclic) bond motifs is 1. The van der Waals surface area contributed by atoms with Gasteiger partial charge in [0.2, 0.25) is 6.43 Å². The Kier molecular flexibility index (Phi) is 5.12. The molecule has 0 atom stereocenters. The largest absolute Gasteiger partial charge is 0.465 e. The average Bonchev–Trinajstić information content (AvgIpc) is 2.95. The number of amides is 1. The molecule has 3 aromatic rings. The summed E-state index contributed by atoms with van der Waals surface area (Å²) in [5.41, 5.74) is 0.691. The quantitative estimate of drug-likeness (QED) is 0.646. The molecule has 10 heteroatoms. The Labute approximate surface area is 153 Å². The van der Waals surface area contributed by atoms with Crippen LogP contribution in [0.2, 0.25) is 0 Å². The summed E-state index contributed by atoms with van der Waals surface area (Å²) in [6.07, 6.45) is -2.04. The highest BCUT2D eigenvalue weighted by atomic mass is 79.9. The molecule has 6 nitrogen and oxygen atoms in total. The fraction of sp³-hybridized carbons (Fsp3) is 0.188. The molecule has 1 amide bonds. The first-order valence-corrected chi connectivity index (χ1v) is 8.20. The lowest BCUT2D eigenvalue weighted by Crippen LogP contribution is -2.21. The Hall–Kier alpha value is -2.62. The normalized spacial score (nSPS) is 11.3. The van der Waals surface area contributed by atoms with Gasteiger partial charge in [0.1, 0.15) is 17.8 Å². The minimum atomic E-state index is -2.78.